The maximum Gasteiger partial charge on any atom is 0.178 e. The van der Waals surface area contributed by atoms with Crippen LogP contribution in [0.2, 0.25) is 0 Å². The minimum absolute atomic E-state index is 0.543. The molecular formula is C14H16IN3S. The summed E-state index contributed by atoms with van der Waals surface area (Å²) in [6.45, 7) is 2.39. The molecule has 19 heavy (non-hydrogen) atoms. The molecule has 0 amide bonds. The molecule has 1 atom stereocenters. The van der Waals surface area contributed by atoms with E-state index >= 15 is 0 Å². The molecule has 0 bridgehead atoms. The van der Waals surface area contributed by atoms with Crippen molar-refractivity contribution < 1.29 is 0 Å². The fourth-order valence-corrected chi connectivity index (χ4v) is 4.06. The first-order valence-electron chi connectivity index (χ1n) is 6.86. The number of nitrogens with one attached hydrogen (secondary N) is 1. The zero-order valence-electron chi connectivity index (χ0n) is 10.6. The number of fused-ring (bicyclic) bond motifs is 1. The van der Waals surface area contributed by atoms with E-state index in [4.69, 9.17) is 12.2 Å². The number of nitrogens with zero attached hydrogens (tertiary/aromatic N) is 2. The summed E-state index contributed by atoms with van der Waals surface area (Å²) in [6, 6.07) is 7.95. The van der Waals surface area contributed by atoms with Crippen LogP contribution < -0.4 is 0 Å². The number of aromatic nitrogens is 2. The number of imidazole rings is 1. The summed E-state index contributed by atoms with van der Waals surface area (Å²) in [4.78, 5) is 6.00. The van der Waals surface area contributed by atoms with Crippen LogP contribution in [0.25, 0.3) is 11.0 Å². The van der Waals surface area contributed by atoms with Gasteiger partial charge in [-0.2, -0.15) is 0 Å². The second-order valence-electron chi connectivity index (χ2n) is 5.63. The molecule has 1 aromatic carbocycles. The SMILES string of the molecule is S=c1[nH]c2cc(I)ccc2n1C1CCN(C2CC2)C1. The molecule has 1 saturated carbocycles. The maximum absolute atomic E-state index is 5.54. The summed E-state index contributed by atoms with van der Waals surface area (Å²) in [5.41, 5.74) is 2.43. The molecule has 1 aliphatic heterocycles. The van der Waals surface area contributed by atoms with Crippen molar-refractivity contribution in [3.05, 3.63) is 26.5 Å². The van der Waals surface area contributed by atoms with Crippen molar-refractivity contribution in [3.8, 4) is 0 Å². The molecule has 1 saturated heterocycles. The molecule has 3 nitrogen and oxygen atoms in total. The van der Waals surface area contributed by atoms with Crippen LogP contribution in [0, 0.1) is 8.34 Å². The standard InChI is InChI=1S/C14H16IN3S/c15-9-1-4-13-12(7-9)16-14(19)18(13)11-5-6-17(8-11)10-2-3-10/h1,4,7,10-11H,2-3,5-6,8H2,(H,16,19). The van der Waals surface area contributed by atoms with E-state index in [0.717, 1.165) is 17.4 Å². The van der Waals surface area contributed by atoms with E-state index in [1.807, 2.05) is 0 Å². The van der Waals surface area contributed by atoms with Gasteiger partial charge in [0.1, 0.15) is 0 Å². The molecule has 0 spiro atoms. The maximum atomic E-state index is 5.54. The number of rotatable bonds is 2. The Morgan fingerprint density at radius 1 is 1.21 bits per heavy atom. The fraction of sp³-hybridized carbons (Fsp3) is 0.500. The van der Waals surface area contributed by atoms with E-state index in [1.54, 1.807) is 0 Å². The predicted molar refractivity (Wildman–Crippen MR) is 88.1 cm³/mol. The third-order valence-corrected chi connectivity index (χ3v) is 5.27. The van der Waals surface area contributed by atoms with Crippen molar-refractivity contribution in [3.63, 3.8) is 0 Å². The monoisotopic (exact) mass is 385 g/mol. The van der Waals surface area contributed by atoms with Crippen LogP contribution in [-0.4, -0.2) is 33.6 Å². The van der Waals surface area contributed by atoms with Gasteiger partial charge in [0, 0.05) is 22.7 Å². The van der Waals surface area contributed by atoms with Crippen molar-refractivity contribution >= 4 is 45.8 Å². The molecule has 5 heteroatoms. The Hall–Kier alpha value is -0.400. The van der Waals surface area contributed by atoms with Gasteiger partial charge in [-0.15, -0.1) is 0 Å². The molecule has 4 rings (SSSR count). The lowest BCUT2D eigenvalue weighted by molar-refractivity contribution is 0.314. The van der Waals surface area contributed by atoms with Crippen LogP contribution in [0.4, 0.5) is 0 Å². The lowest BCUT2D eigenvalue weighted by Crippen LogP contribution is -2.23. The molecule has 100 valence electrons. The summed E-state index contributed by atoms with van der Waals surface area (Å²) in [5.74, 6) is 0. The Balaban J connectivity index is 1.74. The van der Waals surface area contributed by atoms with Gasteiger partial charge in [0.15, 0.2) is 4.77 Å². The largest absolute Gasteiger partial charge is 0.331 e. The number of hydrogen-bond donors (Lipinski definition) is 1. The smallest absolute Gasteiger partial charge is 0.178 e. The average Bonchev–Trinajstić information content (AvgIpc) is 3.02. The Morgan fingerprint density at radius 3 is 2.84 bits per heavy atom. The van der Waals surface area contributed by atoms with Crippen molar-refractivity contribution in [2.45, 2.75) is 31.3 Å². The highest BCUT2D eigenvalue weighted by atomic mass is 127. The minimum Gasteiger partial charge on any atom is -0.331 e. The van der Waals surface area contributed by atoms with Crippen LogP contribution in [0.3, 0.4) is 0 Å². The number of halogens is 1. The molecular weight excluding hydrogens is 369 g/mol. The Labute approximate surface area is 131 Å². The zero-order chi connectivity index (χ0) is 13.0. The van der Waals surface area contributed by atoms with Crippen LogP contribution in [0.1, 0.15) is 25.3 Å². The lowest BCUT2D eigenvalue weighted by Gasteiger charge is -2.16. The highest BCUT2D eigenvalue weighted by molar-refractivity contribution is 14.1. The Morgan fingerprint density at radius 2 is 2.05 bits per heavy atom. The molecule has 1 N–H and O–H groups in total. The van der Waals surface area contributed by atoms with E-state index in [2.05, 4.69) is 55.2 Å². The first kappa shape index (κ1) is 12.3. The fourth-order valence-electron chi connectivity index (χ4n) is 3.22. The molecule has 2 aromatic rings. The third kappa shape index (κ3) is 2.15. The van der Waals surface area contributed by atoms with E-state index in [9.17, 15) is 0 Å². The molecule has 2 aliphatic rings. The van der Waals surface area contributed by atoms with Crippen molar-refractivity contribution in [1.82, 2.24) is 14.5 Å². The summed E-state index contributed by atoms with van der Waals surface area (Å²) < 4.78 is 4.46. The van der Waals surface area contributed by atoms with Crippen molar-refractivity contribution in [2.75, 3.05) is 13.1 Å². The highest BCUT2D eigenvalue weighted by Gasteiger charge is 2.35. The van der Waals surface area contributed by atoms with E-state index < -0.39 is 0 Å². The second-order valence-corrected chi connectivity index (χ2v) is 7.26. The Bertz CT molecular complexity index is 686. The highest BCUT2D eigenvalue weighted by Crippen LogP contribution is 2.34. The summed E-state index contributed by atoms with van der Waals surface area (Å²) >= 11 is 7.89. The molecule has 1 aromatic heterocycles. The summed E-state index contributed by atoms with van der Waals surface area (Å²) in [6.07, 6.45) is 4.01. The second kappa shape index (κ2) is 4.56. The van der Waals surface area contributed by atoms with E-state index in [0.29, 0.717) is 6.04 Å². The Kier molecular flexibility index (Phi) is 2.97. The van der Waals surface area contributed by atoms with Gasteiger partial charge in [-0.05, 0) is 72.3 Å². The van der Waals surface area contributed by atoms with Crippen molar-refractivity contribution in [2.24, 2.45) is 0 Å². The third-order valence-electron chi connectivity index (χ3n) is 4.30. The van der Waals surface area contributed by atoms with Crippen LogP contribution in [0.15, 0.2) is 18.2 Å². The summed E-state index contributed by atoms with van der Waals surface area (Å²) in [7, 11) is 0. The molecule has 1 unspecified atom stereocenters. The first-order valence-corrected chi connectivity index (χ1v) is 8.35. The number of H-pyrrole nitrogens is 1. The van der Waals surface area contributed by atoms with Gasteiger partial charge in [-0.25, -0.2) is 0 Å². The average molecular weight is 385 g/mol. The molecule has 0 radical (unpaired) electrons. The number of benzene rings is 1. The quantitative estimate of drug-likeness (QED) is 0.630. The number of hydrogen-bond acceptors (Lipinski definition) is 2. The van der Waals surface area contributed by atoms with Gasteiger partial charge in [0.05, 0.1) is 17.1 Å². The van der Waals surface area contributed by atoms with Gasteiger partial charge in [-0.1, -0.05) is 0 Å². The predicted octanol–water partition coefficient (Wildman–Crippen LogP) is 3.71. The molecule has 1 aliphatic carbocycles. The number of aromatic amines is 1. The minimum atomic E-state index is 0.543. The van der Waals surface area contributed by atoms with Crippen LogP contribution in [0.5, 0.6) is 0 Å². The van der Waals surface area contributed by atoms with Gasteiger partial charge in [-0.3, -0.25) is 4.90 Å². The van der Waals surface area contributed by atoms with Gasteiger partial charge < -0.3 is 9.55 Å². The van der Waals surface area contributed by atoms with Gasteiger partial charge in [0.2, 0.25) is 0 Å². The lowest BCUT2D eigenvalue weighted by atomic mass is 10.2. The van der Waals surface area contributed by atoms with E-state index in [-0.39, 0.29) is 0 Å². The van der Waals surface area contributed by atoms with Crippen LogP contribution >= 0.6 is 34.8 Å². The summed E-state index contributed by atoms with van der Waals surface area (Å²) in [5, 5.41) is 0. The van der Waals surface area contributed by atoms with Crippen molar-refractivity contribution in [1.29, 1.82) is 0 Å². The van der Waals surface area contributed by atoms with E-state index in [1.165, 1.54) is 40.4 Å². The van der Waals surface area contributed by atoms with Crippen LogP contribution in [-0.2, 0) is 0 Å². The molecule has 2 heterocycles. The topological polar surface area (TPSA) is 24.0 Å². The normalized spacial score (nSPS) is 24.4. The first-order chi connectivity index (χ1) is 9.22. The van der Waals surface area contributed by atoms with Gasteiger partial charge >= 0.3 is 0 Å². The zero-order valence-corrected chi connectivity index (χ0v) is 13.6. The number of likely N-dealkylation sites (tertiary alicyclic amines) is 1. The van der Waals surface area contributed by atoms with Gasteiger partial charge in [0.25, 0.3) is 0 Å². The molecule has 2 fully saturated rings.